The van der Waals surface area contributed by atoms with E-state index in [9.17, 15) is 14.7 Å². The molecule has 0 spiro atoms. The fourth-order valence-electron chi connectivity index (χ4n) is 2.75. The van der Waals surface area contributed by atoms with Gasteiger partial charge in [-0.1, -0.05) is 30.3 Å². The Bertz CT molecular complexity index is 818. The molecule has 1 unspecified atom stereocenters. The number of thioether (sulfide) groups is 1. The normalized spacial score (nSPS) is 12.8. The zero-order valence-corrected chi connectivity index (χ0v) is 18.0. The molecule has 2 aromatic carbocycles. The van der Waals surface area contributed by atoms with Crippen molar-refractivity contribution in [1.82, 2.24) is 5.32 Å². The van der Waals surface area contributed by atoms with Gasteiger partial charge in [0.25, 0.3) is 5.91 Å². The number of aliphatic carboxylic acids is 1. The van der Waals surface area contributed by atoms with E-state index >= 15 is 0 Å². The number of anilines is 1. The average molecular weight is 434 g/mol. The van der Waals surface area contributed by atoms with Crippen LogP contribution in [0, 0.1) is 0 Å². The number of nitrogens with one attached hydrogen (secondary N) is 2. The lowest BCUT2D eigenvalue weighted by Gasteiger charge is -2.18. The minimum atomic E-state index is -1.03. The van der Waals surface area contributed by atoms with Crippen LogP contribution in [0.15, 0.2) is 48.5 Å². The SMILES string of the molecule is CSCC[C@H](NC(=O)c1ccc(NCC(N)CS)cc1-c1ccccc1)C(=O)O. The molecule has 1 amide bonds. The Kier molecular flexibility index (Phi) is 9.37. The molecule has 2 rings (SSSR count). The fourth-order valence-corrected chi connectivity index (χ4v) is 3.35. The van der Waals surface area contributed by atoms with E-state index in [1.165, 1.54) is 0 Å². The van der Waals surface area contributed by atoms with Gasteiger partial charge < -0.3 is 21.5 Å². The van der Waals surface area contributed by atoms with Crippen LogP contribution in [0.1, 0.15) is 16.8 Å². The van der Waals surface area contributed by atoms with Gasteiger partial charge in [0.05, 0.1) is 0 Å². The number of benzene rings is 2. The Morgan fingerprint density at radius 1 is 1.21 bits per heavy atom. The largest absolute Gasteiger partial charge is 0.480 e. The van der Waals surface area contributed by atoms with Crippen LogP contribution in [0.3, 0.4) is 0 Å². The molecule has 0 aliphatic rings. The lowest BCUT2D eigenvalue weighted by Crippen LogP contribution is -2.41. The van der Waals surface area contributed by atoms with Crippen molar-refractivity contribution in [3.63, 3.8) is 0 Å². The number of carbonyl (C=O) groups excluding carboxylic acids is 1. The fraction of sp³-hybridized carbons (Fsp3) is 0.333. The van der Waals surface area contributed by atoms with E-state index in [0.29, 0.717) is 30.0 Å². The molecule has 8 heteroatoms. The number of hydrogen-bond acceptors (Lipinski definition) is 6. The summed E-state index contributed by atoms with van der Waals surface area (Å²) in [4.78, 5) is 24.4. The van der Waals surface area contributed by atoms with Crippen LogP contribution in [0.25, 0.3) is 11.1 Å². The second-order valence-corrected chi connectivity index (χ2v) is 7.95. The zero-order chi connectivity index (χ0) is 21.2. The summed E-state index contributed by atoms with van der Waals surface area (Å²) in [5.41, 5.74) is 8.76. The van der Waals surface area contributed by atoms with Crippen LogP contribution < -0.4 is 16.4 Å². The number of carboxylic acid groups (broad SMARTS) is 1. The molecule has 156 valence electrons. The molecular weight excluding hydrogens is 406 g/mol. The van der Waals surface area contributed by atoms with E-state index in [-0.39, 0.29) is 6.04 Å². The minimum Gasteiger partial charge on any atom is -0.480 e. The lowest BCUT2D eigenvalue weighted by atomic mass is 9.98. The molecule has 5 N–H and O–H groups in total. The highest BCUT2D eigenvalue weighted by Crippen LogP contribution is 2.27. The third-order valence-corrected chi connectivity index (χ3v) is 5.48. The first-order chi connectivity index (χ1) is 14.0. The van der Waals surface area contributed by atoms with Gasteiger partial charge in [-0.25, -0.2) is 4.79 Å². The van der Waals surface area contributed by atoms with E-state index in [4.69, 9.17) is 5.73 Å². The highest BCUT2D eigenvalue weighted by atomic mass is 32.2. The van der Waals surface area contributed by atoms with Crippen molar-refractivity contribution in [1.29, 1.82) is 0 Å². The molecule has 0 aromatic heterocycles. The van der Waals surface area contributed by atoms with E-state index in [0.717, 1.165) is 16.8 Å². The summed E-state index contributed by atoms with van der Waals surface area (Å²) in [6.07, 6.45) is 2.27. The number of thiol groups is 1. The number of nitrogens with two attached hydrogens (primary N) is 1. The smallest absolute Gasteiger partial charge is 0.326 e. The van der Waals surface area contributed by atoms with Gasteiger partial charge in [-0.3, -0.25) is 4.79 Å². The molecule has 0 fully saturated rings. The van der Waals surface area contributed by atoms with Crippen molar-refractivity contribution < 1.29 is 14.7 Å². The number of carboxylic acids is 1. The van der Waals surface area contributed by atoms with Gasteiger partial charge in [-0.15, -0.1) is 0 Å². The number of rotatable bonds is 11. The minimum absolute atomic E-state index is 0.0887. The first-order valence-electron chi connectivity index (χ1n) is 9.28. The molecule has 2 aromatic rings. The Morgan fingerprint density at radius 2 is 1.93 bits per heavy atom. The van der Waals surface area contributed by atoms with Crippen LogP contribution >= 0.6 is 24.4 Å². The summed E-state index contributed by atoms with van der Waals surface area (Å²) in [5.74, 6) is -0.230. The topological polar surface area (TPSA) is 104 Å². The van der Waals surface area contributed by atoms with E-state index in [2.05, 4.69) is 23.3 Å². The summed E-state index contributed by atoms with van der Waals surface area (Å²) in [7, 11) is 0. The van der Waals surface area contributed by atoms with Crippen LogP contribution in [0.5, 0.6) is 0 Å². The monoisotopic (exact) mass is 433 g/mol. The first-order valence-corrected chi connectivity index (χ1v) is 11.3. The molecule has 0 heterocycles. The first kappa shape index (κ1) is 23.1. The number of hydrogen-bond donors (Lipinski definition) is 5. The van der Waals surface area contributed by atoms with Gasteiger partial charge in [0.1, 0.15) is 6.04 Å². The van der Waals surface area contributed by atoms with Crippen molar-refractivity contribution in [2.45, 2.75) is 18.5 Å². The maximum absolute atomic E-state index is 12.9. The predicted molar refractivity (Wildman–Crippen MR) is 124 cm³/mol. The number of amides is 1. The number of carbonyl (C=O) groups is 2. The van der Waals surface area contributed by atoms with Crippen LogP contribution in [-0.4, -0.2) is 53.4 Å². The van der Waals surface area contributed by atoms with Gasteiger partial charge in [0.15, 0.2) is 0 Å². The van der Waals surface area contributed by atoms with E-state index in [1.54, 1.807) is 23.9 Å². The molecule has 6 nitrogen and oxygen atoms in total. The quantitative estimate of drug-likeness (QED) is 0.349. The molecule has 29 heavy (non-hydrogen) atoms. The molecule has 0 radical (unpaired) electrons. The van der Waals surface area contributed by atoms with Crippen molar-refractivity contribution in [3.05, 3.63) is 54.1 Å². The zero-order valence-electron chi connectivity index (χ0n) is 16.3. The maximum atomic E-state index is 12.9. The average Bonchev–Trinajstić information content (AvgIpc) is 2.74. The van der Waals surface area contributed by atoms with Gasteiger partial charge in [-0.05, 0) is 47.8 Å². The molecular formula is C21H27N3O3S2. The molecule has 2 atom stereocenters. The van der Waals surface area contributed by atoms with Crippen LogP contribution in [0.4, 0.5) is 5.69 Å². The van der Waals surface area contributed by atoms with Crippen LogP contribution in [0.2, 0.25) is 0 Å². The maximum Gasteiger partial charge on any atom is 0.326 e. The molecule has 0 aliphatic heterocycles. The summed E-state index contributed by atoms with van der Waals surface area (Å²) in [5, 5.41) is 15.3. The Balaban J connectivity index is 2.31. The van der Waals surface area contributed by atoms with Gasteiger partial charge in [0.2, 0.25) is 0 Å². The third kappa shape index (κ3) is 6.99. The second kappa shape index (κ2) is 11.7. The van der Waals surface area contributed by atoms with Gasteiger partial charge in [0, 0.05) is 29.6 Å². The molecule has 0 saturated heterocycles. The van der Waals surface area contributed by atoms with Crippen molar-refractivity contribution in [2.24, 2.45) is 5.73 Å². The highest BCUT2D eigenvalue weighted by molar-refractivity contribution is 7.98. The van der Waals surface area contributed by atoms with Crippen LogP contribution in [-0.2, 0) is 4.79 Å². The van der Waals surface area contributed by atoms with Crippen molar-refractivity contribution in [3.8, 4) is 11.1 Å². The summed E-state index contributed by atoms with van der Waals surface area (Å²) < 4.78 is 0. The van der Waals surface area contributed by atoms with Gasteiger partial charge in [-0.2, -0.15) is 24.4 Å². The van der Waals surface area contributed by atoms with Crippen molar-refractivity contribution >= 4 is 42.0 Å². The second-order valence-electron chi connectivity index (χ2n) is 6.60. The Hall–Kier alpha value is -2.16. The predicted octanol–water partition coefficient (Wildman–Crippen LogP) is 2.96. The summed E-state index contributed by atoms with van der Waals surface area (Å²) in [6.45, 7) is 0.555. The highest BCUT2D eigenvalue weighted by Gasteiger charge is 2.22. The summed E-state index contributed by atoms with van der Waals surface area (Å²) >= 11 is 5.73. The Labute approximate surface area is 181 Å². The van der Waals surface area contributed by atoms with E-state index < -0.39 is 17.9 Å². The Morgan fingerprint density at radius 3 is 2.55 bits per heavy atom. The van der Waals surface area contributed by atoms with E-state index in [1.807, 2.05) is 42.7 Å². The van der Waals surface area contributed by atoms with Gasteiger partial charge >= 0.3 is 5.97 Å². The summed E-state index contributed by atoms with van der Waals surface area (Å²) in [6, 6.07) is 13.9. The lowest BCUT2D eigenvalue weighted by molar-refractivity contribution is -0.139. The molecule has 0 bridgehead atoms. The van der Waals surface area contributed by atoms with Crippen molar-refractivity contribution in [2.75, 3.05) is 29.6 Å². The molecule has 0 aliphatic carbocycles. The molecule has 0 saturated carbocycles. The third-order valence-electron chi connectivity index (χ3n) is 4.37. The standard InChI is InChI=1S/C21H27N3O3S2/c1-29-10-9-19(21(26)27)24-20(25)17-8-7-16(23-12-15(22)13-28)11-18(17)14-5-3-2-4-6-14/h2-8,11,15,19,23,28H,9-10,12-13,22H2,1H3,(H,24,25)(H,26,27)/t15?,19-/m0/s1.